The number of aromatic nitrogens is 2. The highest BCUT2D eigenvalue weighted by Crippen LogP contribution is 2.32. The maximum atomic E-state index is 13.8. The lowest BCUT2D eigenvalue weighted by Gasteiger charge is -2.36. The molecule has 2 amide bonds. The minimum Gasteiger partial charge on any atom is -0.506 e. The molecule has 0 atom stereocenters. The van der Waals surface area contributed by atoms with E-state index in [4.69, 9.17) is 4.74 Å². The van der Waals surface area contributed by atoms with Crippen LogP contribution in [0.4, 0.5) is 4.39 Å². The van der Waals surface area contributed by atoms with Gasteiger partial charge >= 0.3 is 0 Å². The summed E-state index contributed by atoms with van der Waals surface area (Å²) in [4.78, 5) is 47.1. The Bertz CT molecular complexity index is 1460. The summed E-state index contributed by atoms with van der Waals surface area (Å²) in [7, 11) is 1.51. The topological polar surface area (TPSA) is 126 Å². The largest absolute Gasteiger partial charge is 0.506 e. The van der Waals surface area contributed by atoms with Gasteiger partial charge in [0.15, 0.2) is 0 Å². The number of carbonyl (C=O) groups excluding carboxylic acids is 2. The monoisotopic (exact) mass is 551 g/mol. The van der Waals surface area contributed by atoms with Crippen LogP contribution in [0.1, 0.15) is 42.5 Å². The number of amides is 2. The molecule has 3 N–H and O–H groups in total. The summed E-state index contributed by atoms with van der Waals surface area (Å²) in [5.41, 5.74) is -0.793. The molecule has 0 bridgehead atoms. The van der Waals surface area contributed by atoms with E-state index in [-0.39, 0.29) is 29.3 Å². The van der Waals surface area contributed by atoms with Gasteiger partial charge in [0.2, 0.25) is 5.91 Å². The molecular weight excluding hydrogens is 517 g/mol. The molecule has 3 aromatic rings. The minimum absolute atomic E-state index is 0.214. The van der Waals surface area contributed by atoms with Crippen molar-refractivity contribution in [3.05, 3.63) is 58.3 Å². The Morgan fingerprint density at radius 1 is 1.07 bits per heavy atom. The molecule has 1 aliphatic carbocycles. The van der Waals surface area contributed by atoms with Crippen LogP contribution in [-0.4, -0.2) is 76.8 Å². The fraction of sp³-hybridized carbons (Fsp3) is 0.448. The predicted octanol–water partition coefficient (Wildman–Crippen LogP) is 2.42. The number of rotatable bonds is 7. The molecule has 1 aliphatic heterocycles. The molecule has 212 valence electrons. The highest BCUT2D eigenvalue weighted by Gasteiger charge is 2.41. The molecule has 3 heterocycles. The van der Waals surface area contributed by atoms with E-state index in [2.05, 4.69) is 20.5 Å². The number of nitrogens with zero attached hydrogens (tertiary/aromatic N) is 3. The van der Waals surface area contributed by atoms with Gasteiger partial charge in [-0.05, 0) is 36.6 Å². The number of carbonyl (C=O) groups is 2. The lowest BCUT2D eigenvalue weighted by Crippen LogP contribution is -2.59. The Hall–Kier alpha value is -3.83. The molecule has 11 heteroatoms. The van der Waals surface area contributed by atoms with Crippen molar-refractivity contribution in [2.45, 2.75) is 44.2 Å². The summed E-state index contributed by atoms with van der Waals surface area (Å²) in [5.74, 6) is -2.01. The van der Waals surface area contributed by atoms with Crippen LogP contribution >= 0.6 is 0 Å². The van der Waals surface area contributed by atoms with Crippen molar-refractivity contribution >= 4 is 22.8 Å². The van der Waals surface area contributed by atoms with Gasteiger partial charge in [0.25, 0.3) is 11.5 Å². The molecule has 40 heavy (non-hydrogen) atoms. The summed E-state index contributed by atoms with van der Waals surface area (Å²) in [5, 5.41) is 17.0. The van der Waals surface area contributed by atoms with Crippen molar-refractivity contribution < 1.29 is 23.8 Å². The van der Waals surface area contributed by atoms with Crippen LogP contribution in [0.15, 0.2) is 41.3 Å². The van der Waals surface area contributed by atoms with E-state index in [1.54, 1.807) is 24.4 Å². The number of hydrogen-bond acceptors (Lipinski definition) is 7. The fourth-order valence-electron chi connectivity index (χ4n) is 5.68. The highest BCUT2D eigenvalue weighted by molar-refractivity contribution is 6.04. The third-order valence-corrected chi connectivity index (χ3v) is 7.94. The maximum Gasteiger partial charge on any atom is 0.268 e. The van der Waals surface area contributed by atoms with Crippen molar-refractivity contribution in [1.82, 2.24) is 25.1 Å². The van der Waals surface area contributed by atoms with E-state index in [0.717, 1.165) is 32.4 Å². The first-order chi connectivity index (χ1) is 19.3. The number of likely N-dealkylation sites (N-methyl/N-ethyl adjacent to an activating group) is 1. The number of benzene rings is 1. The van der Waals surface area contributed by atoms with E-state index in [1.165, 1.54) is 23.7 Å². The van der Waals surface area contributed by atoms with Crippen LogP contribution in [0.2, 0.25) is 0 Å². The standard InChI is InChI=1S/C29H34FN5O5/c1-31-28(39)29(9-3-2-4-10-29)33-26(37)23-24(36)22-17-20(19-5-7-21(30)8-6-19)18-32-25(22)35(27(23)38)12-11-34-13-15-40-16-14-34/h5-8,17-18,36H,2-4,9-16H2,1H3,(H,31,39)(H,33,37). The molecule has 0 spiro atoms. The van der Waals surface area contributed by atoms with E-state index < -0.39 is 28.3 Å². The predicted molar refractivity (Wildman–Crippen MR) is 148 cm³/mol. The third-order valence-electron chi connectivity index (χ3n) is 7.94. The SMILES string of the molecule is CNC(=O)C1(NC(=O)c2c(O)c3cc(-c4ccc(F)cc4)cnc3n(CCN3CCOCC3)c2=O)CCCCC1. The third kappa shape index (κ3) is 5.44. The molecular formula is C29H34FN5O5. The summed E-state index contributed by atoms with van der Waals surface area (Å²) in [6.07, 6.45) is 4.89. The second-order valence-electron chi connectivity index (χ2n) is 10.4. The van der Waals surface area contributed by atoms with Crippen LogP contribution in [0.3, 0.4) is 0 Å². The number of aromatic hydroxyl groups is 1. The molecule has 1 saturated heterocycles. The van der Waals surface area contributed by atoms with Gasteiger partial charge in [0.1, 0.15) is 28.3 Å². The van der Waals surface area contributed by atoms with E-state index in [0.29, 0.717) is 43.7 Å². The summed E-state index contributed by atoms with van der Waals surface area (Å²) >= 11 is 0. The number of morpholine rings is 1. The van der Waals surface area contributed by atoms with Gasteiger partial charge < -0.3 is 20.5 Å². The quantitative estimate of drug-likeness (QED) is 0.412. The van der Waals surface area contributed by atoms with Gasteiger partial charge in [0, 0.05) is 45.0 Å². The van der Waals surface area contributed by atoms with Crippen LogP contribution in [-0.2, 0) is 16.1 Å². The molecule has 5 rings (SSSR count). The highest BCUT2D eigenvalue weighted by atomic mass is 19.1. The molecule has 0 unspecified atom stereocenters. The molecule has 0 radical (unpaired) electrons. The van der Waals surface area contributed by atoms with Crippen LogP contribution in [0, 0.1) is 5.82 Å². The molecule has 10 nitrogen and oxygen atoms in total. The van der Waals surface area contributed by atoms with E-state index >= 15 is 0 Å². The summed E-state index contributed by atoms with van der Waals surface area (Å²) < 4.78 is 20.3. The number of pyridine rings is 2. The van der Waals surface area contributed by atoms with Gasteiger partial charge in [-0.1, -0.05) is 31.4 Å². The Morgan fingerprint density at radius 3 is 2.45 bits per heavy atom. The molecule has 1 aromatic carbocycles. The Kier molecular flexibility index (Phi) is 8.13. The normalized spacial score (nSPS) is 17.4. The maximum absolute atomic E-state index is 13.8. The zero-order chi connectivity index (χ0) is 28.3. The van der Waals surface area contributed by atoms with E-state index in [9.17, 15) is 23.9 Å². The zero-order valence-electron chi connectivity index (χ0n) is 22.5. The van der Waals surface area contributed by atoms with Crippen LogP contribution in [0.25, 0.3) is 22.2 Å². The molecule has 2 aromatic heterocycles. The first-order valence-electron chi connectivity index (χ1n) is 13.7. The lowest BCUT2D eigenvalue weighted by molar-refractivity contribution is -0.128. The van der Waals surface area contributed by atoms with Crippen LogP contribution < -0.4 is 16.2 Å². The van der Waals surface area contributed by atoms with Gasteiger partial charge in [-0.3, -0.25) is 23.9 Å². The van der Waals surface area contributed by atoms with Crippen LogP contribution in [0.5, 0.6) is 5.75 Å². The fourth-order valence-corrected chi connectivity index (χ4v) is 5.68. The number of halogens is 1. The van der Waals surface area contributed by atoms with Crippen molar-refractivity contribution in [2.24, 2.45) is 0 Å². The van der Waals surface area contributed by atoms with E-state index in [1.807, 2.05) is 0 Å². The first-order valence-corrected chi connectivity index (χ1v) is 13.7. The summed E-state index contributed by atoms with van der Waals surface area (Å²) in [6, 6.07) is 7.47. The lowest BCUT2D eigenvalue weighted by atomic mass is 9.80. The summed E-state index contributed by atoms with van der Waals surface area (Å²) in [6.45, 7) is 3.39. The number of fused-ring (bicyclic) bond motifs is 1. The number of ether oxygens (including phenoxy) is 1. The van der Waals surface area contributed by atoms with Crippen molar-refractivity contribution in [3.63, 3.8) is 0 Å². The molecule has 2 aliphatic rings. The van der Waals surface area contributed by atoms with Gasteiger partial charge in [0.05, 0.1) is 18.6 Å². The van der Waals surface area contributed by atoms with Gasteiger partial charge in [-0.15, -0.1) is 0 Å². The van der Waals surface area contributed by atoms with Crippen molar-refractivity contribution in [1.29, 1.82) is 0 Å². The second-order valence-corrected chi connectivity index (χ2v) is 10.4. The number of hydrogen-bond donors (Lipinski definition) is 3. The smallest absolute Gasteiger partial charge is 0.268 e. The molecule has 1 saturated carbocycles. The average molecular weight is 552 g/mol. The van der Waals surface area contributed by atoms with Gasteiger partial charge in [-0.2, -0.15) is 0 Å². The number of nitrogens with one attached hydrogen (secondary N) is 2. The molecule has 2 fully saturated rings. The minimum atomic E-state index is -1.16. The Labute approximate surface area is 231 Å². The van der Waals surface area contributed by atoms with Crippen molar-refractivity contribution in [2.75, 3.05) is 39.9 Å². The second kappa shape index (κ2) is 11.7. The Morgan fingerprint density at radius 2 is 1.77 bits per heavy atom. The van der Waals surface area contributed by atoms with Gasteiger partial charge in [-0.25, -0.2) is 9.37 Å². The first kappa shape index (κ1) is 27.7. The average Bonchev–Trinajstić information content (AvgIpc) is 2.98. The zero-order valence-corrected chi connectivity index (χ0v) is 22.5. The Balaban J connectivity index is 1.60. The van der Waals surface area contributed by atoms with Crippen molar-refractivity contribution in [3.8, 4) is 16.9 Å².